The van der Waals surface area contributed by atoms with E-state index in [1.807, 2.05) is 31.3 Å². The number of amides is 1. The van der Waals surface area contributed by atoms with Crippen LogP contribution in [0.3, 0.4) is 0 Å². The first-order chi connectivity index (χ1) is 8.18. The van der Waals surface area contributed by atoms with Crippen LogP contribution in [0, 0.1) is 5.41 Å². The van der Waals surface area contributed by atoms with Crippen LogP contribution in [0.4, 0.5) is 5.69 Å². The molecule has 92 valence electrons. The molecule has 1 saturated carbocycles. The van der Waals surface area contributed by atoms with E-state index in [0.29, 0.717) is 0 Å². The predicted octanol–water partition coefficient (Wildman–Crippen LogP) is 2.78. The Morgan fingerprint density at radius 1 is 1.41 bits per heavy atom. The van der Waals surface area contributed by atoms with Crippen LogP contribution in [0.5, 0.6) is 0 Å². The first-order valence-corrected chi connectivity index (χ1v) is 6.68. The minimum Gasteiger partial charge on any atom is -0.325 e. The van der Waals surface area contributed by atoms with Crippen LogP contribution >= 0.6 is 15.9 Å². The highest BCUT2D eigenvalue weighted by atomic mass is 79.9. The van der Waals surface area contributed by atoms with Crippen LogP contribution in [0.2, 0.25) is 0 Å². The van der Waals surface area contributed by atoms with Crippen molar-refractivity contribution in [3.63, 3.8) is 0 Å². The van der Waals surface area contributed by atoms with Crippen LogP contribution < -0.4 is 10.6 Å². The molecule has 1 aromatic carbocycles. The van der Waals surface area contributed by atoms with E-state index in [0.717, 1.165) is 36.0 Å². The third-order valence-electron chi connectivity index (χ3n) is 3.43. The summed E-state index contributed by atoms with van der Waals surface area (Å²) in [6.07, 6.45) is 3.10. The third-order valence-corrected chi connectivity index (χ3v) is 4.12. The molecule has 0 spiro atoms. The fraction of sp³-hybridized carbons (Fsp3) is 0.462. The normalized spacial score (nSPS) is 17.3. The number of para-hydroxylation sites is 1. The van der Waals surface area contributed by atoms with Crippen LogP contribution in [0.15, 0.2) is 28.7 Å². The number of hydrogen-bond donors (Lipinski definition) is 2. The Kier molecular flexibility index (Phi) is 3.84. The molecule has 0 radical (unpaired) electrons. The van der Waals surface area contributed by atoms with Crippen molar-refractivity contribution in [2.24, 2.45) is 5.41 Å². The van der Waals surface area contributed by atoms with E-state index in [1.165, 1.54) is 0 Å². The van der Waals surface area contributed by atoms with E-state index >= 15 is 0 Å². The van der Waals surface area contributed by atoms with Gasteiger partial charge in [-0.1, -0.05) is 18.6 Å². The van der Waals surface area contributed by atoms with Gasteiger partial charge in [-0.15, -0.1) is 0 Å². The zero-order chi connectivity index (χ0) is 12.3. The number of hydrogen-bond acceptors (Lipinski definition) is 2. The molecule has 4 heteroatoms. The minimum atomic E-state index is -0.204. The van der Waals surface area contributed by atoms with Crippen molar-refractivity contribution < 1.29 is 4.79 Å². The van der Waals surface area contributed by atoms with Gasteiger partial charge in [-0.2, -0.15) is 0 Å². The largest absolute Gasteiger partial charge is 0.325 e. The number of nitrogens with one attached hydrogen (secondary N) is 2. The van der Waals surface area contributed by atoms with E-state index in [9.17, 15) is 4.79 Å². The summed E-state index contributed by atoms with van der Waals surface area (Å²) >= 11 is 3.44. The molecule has 0 unspecified atom stereocenters. The average Bonchev–Trinajstić information content (AvgIpc) is 2.26. The van der Waals surface area contributed by atoms with E-state index in [2.05, 4.69) is 26.6 Å². The molecule has 1 fully saturated rings. The van der Waals surface area contributed by atoms with E-state index in [-0.39, 0.29) is 11.3 Å². The van der Waals surface area contributed by atoms with Crippen molar-refractivity contribution in [1.82, 2.24) is 5.32 Å². The molecular weight excluding hydrogens is 280 g/mol. The SMILES string of the molecule is CNCC1(C(=O)Nc2ccccc2Br)CCC1. The highest BCUT2D eigenvalue weighted by Gasteiger charge is 2.43. The fourth-order valence-corrected chi connectivity index (χ4v) is 2.63. The highest BCUT2D eigenvalue weighted by molar-refractivity contribution is 9.10. The summed E-state index contributed by atoms with van der Waals surface area (Å²) in [6, 6.07) is 7.70. The average molecular weight is 297 g/mol. The lowest BCUT2D eigenvalue weighted by Gasteiger charge is -2.40. The second kappa shape index (κ2) is 5.19. The zero-order valence-corrected chi connectivity index (χ0v) is 11.5. The summed E-state index contributed by atoms with van der Waals surface area (Å²) in [6.45, 7) is 0.753. The van der Waals surface area contributed by atoms with E-state index in [1.54, 1.807) is 0 Å². The topological polar surface area (TPSA) is 41.1 Å². The van der Waals surface area contributed by atoms with Gasteiger partial charge in [0.25, 0.3) is 0 Å². The Morgan fingerprint density at radius 2 is 2.12 bits per heavy atom. The second-order valence-corrected chi connectivity index (χ2v) is 5.45. The summed E-state index contributed by atoms with van der Waals surface area (Å²) in [4.78, 5) is 12.3. The molecule has 0 heterocycles. The molecule has 2 rings (SSSR count). The van der Waals surface area contributed by atoms with Gasteiger partial charge in [-0.3, -0.25) is 4.79 Å². The van der Waals surface area contributed by atoms with Crippen LogP contribution in [-0.2, 0) is 4.79 Å². The summed E-state index contributed by atoms with van der Waals surface area (Å²) < 4.78 is 0.923. The van der Waals surface area contributed by atoms with Gasteiger partial charge in [0, 0.05) is 11.0 Å². The molecule has 1 amide bonds. The molecule has 0 atom stereocenters. The number of anilines is 1. The number of benzene rings is 1. The summed E-state index contributed by atoms with van der Waals surface area (Å²) in [7, 11) is 1.89. The van der Waals surface area contributed by atoms with Crippen molar-refractivity contribution in [2.45, 2.75) is 19.3 Å². The maximum absolute atomic E-state index is 12.3. The monoisotopic (exact) mass is 296 g/mol. The van der Waals surface area contributed by atoms with Crippen LogP contribution in [0.1, 0.15) is 19.3 Å². The molecule has 1 aliphatic rings. The standard InChI is InChI=1S/C13H17BrN2O/c1-15-9-13(7-4-8-13)12(17)16-11-6-3-2-5-10(11)14/h2-3,5-6,15H,4,7-9H2,1H3,(H,16,17). The van der Waals surface area contributed by atoms with Gasteiger partial charge in [0.15, 0.2) is 0 Å². The Morgan fingerprint density at radius 3 is 2.65 bits per heavy atom. The van der Waals surface area contributed by atoms with Gasteiger partial charge in [-0.05, 0) is 48.0 Å². The molecule has 0 aromatic heterocycles. The van der Waals surface area contributed by atoms with Crippen LogP contribution in [-0.4, -0.2) is 19.5 Å². The third kappa shape index (κ3) is 2.53. The number of rotatable bonds is 4. The maximum atomic E-state index is 12.3. The number of carbonyl (C=O) groups excluding carboxylic acids is 1. The Balaban J connectivity index is 2.08. The van der Waals surface area contributed by atoms with Gasteiger partial charge in [-0.25, -0.2) is 0 Å². The lowest BCUT2D eigenvalue weighted by molar-refractivity contribution is -0.129. The van der Waals surface area contributed by atoms with Gasteiger partial charge in [0.2, 0.25) is 5.91 Å². The minimum absolute atomic E-state index is 0.130. The Bertz CT molecular complexity index is 416. The van der Waals surface area contributed by atoms with E-state index < -0.39 is 0 Å². The van der Waals surface area contributed by atoms with Gasteiger partial charge < -0.3 is 10.6 Å². The molecule has 1 aromatic rings. The number of carbonyl (C=O) groups is 1. The molecule has 0 saturated heterocycles. The van der Waals surface area contributed by atoms with E-state index in [4.69, 9.17) is 0 Å². The Labute approximate surface area is 110 Å². The van der Waals surface area contributed by atoms with Gasteiger partial charge >= 0.3 is 0 Å². The first-order valence-electron chi connectivity index (χ1n) is 5.88. The van der Waals surface area contributed by atoms with Crippen molar-refractivity contribution in [2.75, 3.05) is 18.9 Å². The van der Waals surface area contributed by atoms with Gasteiger partial charge in [0.05, 0.1) is 11.1 Å². The molecular formula is C13H17BrN2O. The molecule has 0 bridgehead atoms. The second-order valence-electron chi connectivity index (χ2n) is 4.60. The highest BCUT2D eigenvalue weighted by Crippen LogP contribution is 2.41. The van der Waals surface area contributed by atoms with Crippen molar-refractivity contribution in [1.29, 1.82) is 0 Å². The molecule has 0 aliphatic heterocycles. The fourth-order valence-electron chi connectivity index (χ4n) is 2.24. The van der Waals surface area contributed by atoms with Gasteiger partial charge in [0.1, 0.15) is 0 Å². The van der Waals surface area contributed by atoms with Crippen molar-refractivity contribution in [3.05, 3.63) is 28.7 Å². The smallest absolute Gasteiger partial charge is 0.231 e. The molecule has 1 aliphatic carbocycles. The summed E-state index contributed by atoms with van der Waals surface area (Å²) in [5.41, 5.74) is 0.643. The molecule has 17 heavy (non-hydrogen) atoms. The maximum Gasteiger partial charge on any atom is 0.231 e. The molecule has 2 N–H and O–H groups in total. The summed E-state index contributed by atoms with van der Waals surface area (Å²) in [5.74, 6) is 0.130. The predicted molar refractivity (Wildman–Crippen MR) is 73.0 cm³/mol. The van der Waals surface area contributed by atoms with Crippen molar-refractivity contribution in [3.8, 4) is 0 Å². The Hall–Kier alpha value is -0.870. The lowest BCUT2D eigenvalue weighted by atomic mass is 9.68. The zero-order valence-electron chi connectivity index (χ0n) is 9.92. The first kappa shape index (κ1) is 12.6. The molecule has 3 nitrogen and oxygen atoms in total. The van der Waals surface area contributed by atoms with Crippen molar-refractivity contribution >= 4 is 27.5 Å². The number of halogens is 1. The lowest BCUT2D eigenvalue weighted by Crippen LogP contribution is -2.48. The quantitative estimate of drug-likeness (QED) is 0.897. The van der Waals surface area contributed by atoms with Crippen LogP contribution in [0.25, 0.3) is 0 Å². The summed E-state index contributed by atoms with van der Waals surface area (Å²) in [5, 5.41) is 6.13.